The molecule has 2 rings (SSSR count). The number of amides is 1. The van der Waals surface area contributed by atoms with Crippen molar-refractivity contribution in [1.29, 1.82) is 0 Å². The third-order valence-corrected chi connectivity index (χ3v) is 7.14. The molecule has 0 aliphatic carbocycles. The molecule has 1 aromatic rings. The second-order valence-corrected chi connectivity index (χ2v) is 8.69. The summed E-state index contributed by atoms with van der Waals surface area (Å²) >= 11 is 0. The Morgan fingerprint density at radius 2 is 1.60 bits per heavy atom. The monoisotopic (exact) mass is 367 g/mol. The zero-order chi connectivity index (χ0) is 18.9. The van der Waals surface area contributed by atoms with E-state index in [4.69, 9.17) is 5.73 Å². The van der Waals surface area contributed by atoms with E-state index in [2.05, 4.69) is 4.72 Å². The van der Waals surface area contributed by atoms with Crippen molar-refractivity contribution >= 4 is 15.9 Å². The third kappa shape index (κ3) is 4.04. The summed E-state index contributed by atoms with van der Waals surface area (Å²) in [6, 6.07) is 0.0319. The fraction of sp³-hybridized carbons (Fsp3) is 0.611. The SMILES string of the molecule is Cc1c(C)c(C)c(S(=O)(=O)NCCC(=O)N2CC[C@@H](N)C2)c(C)c1C. The molecule has 1 amide bonds. The molecule has 3 N–H and O–H groups in total. The molecule has 0 unspecified atom stereocenters. The lowest BCUT2D eigenvalue weighted by Gasteiger charge is -2.19. The van der Waals surface area contributed by atoms with Crippen molar-refractivity contribution < 1.29 is 13.2 Å². The fourth-order valence-electron chi connectivity index (χ4n) is 3.41. The van der Waals surface area contributed by atoms with Crippen LogP contribution in [-0.2, 0) is 14.8 Å². The first kappa shape index (κ1) is 19.9. The first-order valence-corrected chi connectivity index (χ1v) is 10.1. The van der Waals surface area contributed by atoms with Crippen molar-refractivity contribution in [2.45, 2.75) is 58.4 Å². The molecule has 140 valence electrons. The highest BCUT2D eigenvalue weighted by molar-refractivity contribution is 7.89. The second kappa shape index (κ2) is 7.43. The van der Waals surface area contributed by atoms with Gasteiger partial charge in [-0.25, -0.2) is 13.1 Å². The summed E-state index contributed by atoms with van der Waals surface area (Å²) in [6.45, 7) is 10.9. The van der Waals surface area contributed by atoms with Gasteiger partial charge in [-0.3, -0.25) is 4.79 Å². The van der Waals surface area contributed by atoms with Gasteiger partial charge in [0.1, 0.15) is 0 Å². The van der Waals surface area contributed by atoms with Gasteiger partial charge in [-0.2, -0.15) is 0 Å². The van der Waals surface area contributed by atoms with Gasteiger partial charge in [0.05, 0.1) is 4.90 Å². The molecule has 6 nitrogen and oxygen atoms in total. The van der Waals surface area contributed by atoms with Gasteiger partial charge in [0.25, 0.3) is 0 Å². The number of carbonyl (C=O) groups is 1. The first-order chi connectivity index (χ1) is 11.6. The lowest BCUT2D eigenvalue weighted by molar-refractivity contribution is -0.130. The van der Waals surface area contributed by atoms with Gasteiger partial charge in [-0.05, 0) is 68.9 Å². The van der Waals surface area contributed by atoms with E-state index in [1.54, 1.807) is 4.90 Å². The Balaban J connectivity index is 2.11. The molecular formula is C18H29N3O3S. The molecule has 1 heterocycles. The summed E-state index contributed by atoms with van der Waals surface area (Å²) in [5.74, 6) is -0.0552. The van der Waals surface area contributed by atoms with Crippen molar-refractivity contribution in [3.05, 3.63) is 27.8 Å². The highest BCUT2D eigenvalue weighted by Crippen LogP contribution is 2.29. The highest BCUT2D eigenvalue weighted by Gasteiger charge is 2.26. The molecule has 0 spiro atoms. The number of hydrogen-bond donors (Lipinski definition) is 2. The Morgan fingerprint density at radius 1 is 1.08 bits per heavy atom. The van der Waals surface area contributed by atoms with Gasteiger partial charge in [-0.15, -0.1) is 0 Å². The minimum Gasteiger partial charge on any atom is -0.341 e. The molecule has 1 aromatic carbocycles. The molecule has 1 atom stereocenters. The van der Waals surface area contributed by atoms with Crippen LogP contribution in [0.1, 0.15) is 40.7 Å². The predicted octanol–water partition coefficient (Wildman–Crippen LogP) is 1.46. The van der Waals surface area contributed by atoms with E-state index in [9.17, 15) is 13.2 Å². The van der Waals surface area contributed by atoms with Crippen molar-refractivity contribution in [3.8, 4) is 0 Å². The number of rotatable bonds is 5. The van der Waals surface area contributed by atoms with Crippen LogP contribution in [0.5, 0.6) is 0 Å². The molecule has 1 saturated heterocycles. The van der Waals surface area contributed by atoms with Crippen LogP contribution in [-0.4, -0.2) is 44.9 Å². The summed E-state index contributed by atoms with van der Waals surface area (Å²) in [5.41, 5.74) is 10.4. The van der Waals surface area contributed by atoms with Gasteiger partial charge < -0.3 is 10.6 Å². The maximum Gasteiger partial charge on any atom is 0.241 e. The van der Waals surface area contributed by atoms with Crippen LogP contribution in [0.3, 0.4) is 0 Å². The molecule has 0 saturated carbocycles. The molecule has 1 aliphatic rings. The maximum absolute atomic E-state index is 12.8. The van der Waals surface area contributed by atoms with Crippen molar-refractivity contribution in [1.82, 2.24) is 9.62 Å². The Kier molecular flexibility index (Phi) is 5.91. The fourth-order valence-corrected chi connectivity index (χ4v) is 5.03. The molecule has 0 aromatic heterocycles. The van der Waals surface area contributed by atoms with Crippen LogP contribution in [0.15, 0.2) is 4.90 Å². The van der Waals surface area contributed by atoms with Crippen molar-refractivity contribution in [2.75, 3.05) is 19.6 Å². The molecule has 1 fully saturated rings. The average molecular weight is 368 g/mol. The van der Waals surface area contributed by atoms with Crippen molar-refractivity contribution in [3.63, 3.8) is 0 Å². The average Bonchev–Trinajstić information content (AvgIpc) is 2.97. The highest BCUT2D eigenvalue weighted by atomic mass is 32.2. The lowest BCUT2D eigenvalue weighted by Crippen LogP contribution is -2.35. The topological polar surface area (TPSA) is 92.5 Å². The summed E-state index contributed by atoms with van der Waals surface area (Å²) in [4.78, 5) is 14.2. The number of hydrogen-bond acceptors (Lipinski definition) is 4. The Bertz CT molecular complexity index is 758. The van der Waals surface area contributed by atoms with E-state index in [0.29, 0.717) is 18.0 Å². The number of benzene rings is 1. The molecule has 1 aliphatic heterocycles. The molecular weight excluding hydrogens is 338 g/mol. The quantitative estimate of drug-likeness (QED) is 0.824. The van der Waals surface area contributed by atoms with Crippen LogP contribution >= 0.6 is 0 Å². The van der Waals surface area contributed by atoms with Gasteiger partial charge in [0, 0.05) is 32.1 Å². The number of carbonyl (C=O) groups excluding carboxylic acids is 1. The molecule has 7 heteroatoms. The Labute approximate surface area is 150 Å². The number of nitrogens with one attached hydrogen (secondary N) is 1. The van der Waals surface area contributed by atoms with E-state index in [1.807, 2.05) is 34.6 Å². The van der Waals surface area contributed by atoms with Gasteiger partial charge in [0.15, 0.2) is 0 Å². The van der Waals surface area contributed by atoms with E-state index in [0.717, 1.165) is 34.2 Å². The normalized spacial score (nSPS) is 18.0. The van der Waals surface area contributed by atoms with Gasteiger partial charge in [0.2, 0.25) is 15.9 Å². The number of nitrogens with two attached hydrogens (primary N) is 1. The van der Waals surface area contributed by atoms with E-state index >= 15 is 0 Å². The summed E-state index contributed by atoms with van der Waals surface area (Å²) < 4.78 is 28.2. The van der Waals surface area contributed by atoms with Crippen LogP contribution in [0.2, 0.25) is 0 Å². The van der Waals surface area contributed by atoms with Crippen LogP contribution in [0.4, 0.5) is 0 Å². The maximum atomic E-state index is 12.8. The number of likely N-dealkylation sites (tertiary alicyclic amines) is 1. The summed E-state index contributed by atoms with van der Waals surface area (Å²) in [6.07, 6.45) is 0.950. The van der Waals surface area contributed by atoms with Crippen LogP contribution in [0, 0.1) is 34.6 Å². The lowest BCUT2D eigenvalue weighted by atomic mass is 9.95. The smallest absolute Gasteiger partial charge is 0.241 e. The number of sulfonamides is 1. The number of nitrogens with zero attached hydrogens (tertiary/aromatic N) is 1. The van der Waals surface area contributed by atoms with Crippen LogP contribution in [0.25, 0.3) is 0 Å². The van der Waals surface area contributed by atoms with E-state index < -0.39 is 10.0 Å². The minimum absolute atomic E-state index is 0.0319. The summed E-state index contributed by atoms with van der Waals surface area (Å²) in [5, 5.41) is 0. The zero-order valence-corrected chi connectivity index (χ0v) is 16.6. The second-order valence-electron chi connectivity index (χ2n) is 6.99. The molecule has 0 bridgehead atoms. The zero-order valence-electron chi connectivity index (χ0n) is 15.8. The third-order valence-electron chi connectivity index (χ3n) is 5.41. The standard InChI is InChI=1S/C18H29N3O3S/c1-11-12(2)14(4)18(15(5)13(11)3)25(23,24)20-8-6-17(22)21-9-7-16(19)10-21/h16,20H,6-10,19H2,1-5H3/t16-/m1/s1. The largest absolute Gasteiger partial charge is 0.341 e. The van der Waals surface area contributed by atoms with E-state index in [1.165, 1.54) is 0 Å². The van der Waals surface area contributed by atoms with E-state index in [-0.39, 0.29) is 24.9 Å². The molecule has 25 heavy (non-hydrogen) atoms. The minimum atomic E-state index is -3.66. The first-order valence-electron chi connectivity index (χ1n) is 8.66. The van der Waals surface area contributed by atoms with Crippen molar-refractivity contribution in [2.24, 2.45) is 5.73 Å². The van der Waals surface area contributed by atoms with Gasteiger partial charge in [-0.1, -0.05) is 0 Å². The summed E-state index contributed by atoms with van der Waals surface area (Å²) in [7, 11) is -3.66. The van der Waals surface area contributed by atoms with Crippen LogP contribution < -0.4 is 10.5 Å². The predicted molar refractivity (Wildman–Crippen MR) is 99.1 cm³/mol. The Morgan fingerprint density at radius 3 is 2.08 bits per heavy atom. The molecule has 0 radical (unpaired) electrons. The van der Waals surface area contributed by atoms with Gasteiger partial charge >= 0.3 is 0 Å². The Hall–Kier alpha value is -1.44.